The molecule has 1 rings (SSSR count). The Kier molecular flexibility index (Phi) is 3.71. The molecule has 0 saturated carbocycles. The van der Waals surface area contributed by atoms with E-state index in [0.29, 0.717) is 0 Å². The molecule has 2 heteroatoms. The first kappa shape index (κ1) is 14.6. The van der Waals surface area contributed by atoms with Crippen LogP contribution in [0.1, 0.15) is 47.1 Å². The summed E-state index contributed by atoms with van der Waals surface area (Å²) in [5.74, 6) is 0. The van der Waals surface area contributed by atoms with Gasteiger partial charge in [0.25, 0.3) is 0 Å². The summed E-state index contributed by atoms with van der Waals surface area (Å²) in [6.45, 7) is 18.5. The van der Waals surface area contributed by atoms with E-state index in [4.69, 9.17) is 0 Å². The topological polar surface area (TPSA) is 12.0 Å². The van der Waals surface area contributed by atoms with E-state index in [1.165, 1.54) is 5.56 Å². The van der Waals surface area contributed by atoms with Crippen LogP contribution in [0.2, 0.25) is 13.1 Å². The maximum absolute atomic E-state index is 3.85. The molecular weight excluding hydrogens is 222 g/mol. The minimum Gasteiger partial charge on any atom is -0.331 e. The Morgan fingerprint density at radius 2 is 1.59 bits per heavy atom. The molecule has 0 bridgehead atoms. The van der Waals surface area contributed by atoms with Gasteiger partial charge in [-0.15, -0.1) is 0 Å². The molecule has 98 valence electrons. The second kappa shape index (κ2) is 4.32. The van der Waals surface area contributed by atoms with Gasteiger partial charge in [-0.2, -0.15) is 22.9 Å². The third-order valence-corrected chi connectivity index (χ3v) is 6.14. The Labute approximate surface area is 108 Å². The molecule has 0 amide bonds. The van der Waals surface area contributed by atoms with Crippen LogP contribution in [-0.4, -0.2) is 13.8 Å². The summed E-state index contributed by atoms with van der Waals surface area (Å²) in [5.41, 5.74) is 1.93. The maximum atomic E-state index is 3.85. The minimum absolute atomic E-state index is 0.183. The molecular formula is C15H28NSi-. The Bertz CT molecular complexity index is 374. The summed E-state index contributed by atoms with van der Waals surface area (Å²) in [6, 6.07) is 6.80. The summed E-state index contributed by atoms with van der Waals surface area (Å²) in [7, 11) is -1.57. The zero-order chi connectivity index (χ0) is 13.5. The normalized spacial score (nSPS) is 14.1. The first-order chi connectivity index (χ1) is 7.43. The van der Waals surface area contributed by atoms with Gasteiger partial charge in [-0.3, -0.25) is 0 Å². The molecule has 1 N–H and O–H groups in total. The Morgan fingerprint density at radius 3 is 2.00 bits per heavy atom. The van der Waals surface area contributed by atoms with Crippen LogP contribution in [0.3, 0.4) is 0 Å². The van der Waals surface area contributed by atoms with E-state index in [2.05, 4.69) is 77.8 Å². The van der Waals surface area contributed by atoms with Crippen LogP contribution in [0.15, 0.2) is 18.2 Å². The summed E-state index contributed by atoms with van der Waals surface area (Å²) in [4.78, 5) is 3.85. The third kappa shape index (κ3) is 3.75. The van der Waals surface area contributed by atoms with E-state index in [9.17, 15) is 0 Å². The van der Waals surface area contributed by atoms with Crippen molar-refractivity contribution in [2.24, 2.45) is 0 Å². The molecule has 0 atom stereocenters. The van der Waals surface area contributed by atoms with Crippen LogP contribution in [0.25, 0.3) is 0 Å². The molecule has 0 heterocycles. The number of hydrogen-bond donors (Lipinski definition) is 1. The fraction of sp³-hybridized carbons (Fsp3) is 0.667. The van der Waals surface area contributed by atoms with Gasteiger partial charge >= 0.3 is 0 Å². The van der Waals surface area contributed by atoms with Gasteiger partial charge in [0.05, 0.1) is 0 Å². The zero-order valence-corrected chi connectivity index (χ0v) is 13.7. The largest absolute Gasteiger partial charge is 0.331 e. The lowest BCUT2D eigenvalue weighted by molar-refractivity contribution is 0.514. The summed E-state index contributed by atoms with van der Waals surface area (Å²) < 4.78 is 0. The quantitative estimate of drug-likeness (QED) is 0.626. The van der Waals surface area contributed by atoms with E-state index in [0.717, 1.165) is 0 Å². The van der Waals surface area contributed by atoms with Gasteiger partial charge in [0.15, 0.2) is 0 Å². The van der Waals surface area contributed by atoms with Crippen molar-refractivity contribution >= 4 is 13.4 Å². The van der Waals surface area contributed by atoms with Crippen LogP contribution in [0.5, 0.6) is 0 Å². The van der Waals surface area contributed by atoms with E-state index in [1.54, 1.807) is 5.19 Å². The average molecular weight is 250 g/mol. The number of nitrogens with one attached hydrogen (secondary N) is 1. The van der Waals surface area contributed by atoms with Crippen LogP contribution in [-0.2, 0) is 5.41 Å². The molecule has 17 heavy (non-hydrogen) atoms. The molecule has 0 unspecified atom stereocenters. The first-order valence-electron chi connectivity index (χ1n) is 6.49. The van der Waals surface area contributed by atoms with Crippen molar-refractivity contribution in [2.45, 2.75) is 65.6 Å². The van der Waals surface area contributed by atoms with Gasteiger partial charge < -0.3 is 4.98 Å². The average Bonchev–Trinajstić information content (AvgIpc) is 2.44. The standard InChI is InChI=1S/C15H28NSi/c1-14(2,3)12-10-9-11-13(12)17(7,8)16-15(4,5)6/h9-11,16H,1-8H3/q-1. The van der Waals surface area contributed by atoms with Gasteiger partial charge in [-0.25, -0.2) is 6.07 Å². The second-order valence-corrected chi connectivity index (χ2v) is 11.6. The van der Waals surface area contributed by atoms with E-state index in [1.807, 2.05) is 0 Å². The van der Waals surface area contributed by atoms with Crippen molar-refractivity contribution in [1.82, 2.24) is 4.98 Å². The van der Waals surface area contributed by atoms with E-state index < -0.39 is 8.24 Å². The Hall–Kier alpha value is -0.473. The van der Waals surface area contributed by atoms with Crippen molar-refractivity contribution in [3.8, 4) is 0 Å². The molecule has 0 aliphatic heterocycles. The van der Waals surface area contributed by atoms with Gasteiger partial charge in [0, 0.05) is 5.54 Å². The maximum Gasteiger partial charge on any atom is 0.126 e. The molecule has 1 aromatic carbocycles. The molecule has 0 saturated heterocycles. The summed E-state index contributed by atoms with van der Waals surface area (Å²) in [5, 5.41) is 1.56. The van der Waals surface area contributed by atoms with E-state index in [-0.39, 0.29) is 11.0 Å². The SMILES string of the molecule is CC(C)(C)N[Si](C)(C)c1[cH-]ccc1C(C)(C)C. The van der Waals surface area contributed by atoms with Gasteiger partial charge in [0.2, 0.25) is 0 Å². The highest BCUT2D eigenvalue weighted by Crippen LogP contribution is 2.23. The molecule has 0 aromatic heterocycles. The Balaban J connectivity index is 3.12. The lowest BCUT2D eigenvalue weighted by Gasteiger charge is -2.39. The van der Waals surface area contributed by atoms with E-state index >= 15 is 0 Å². The molecule has 0 aliphatic rings. The smallest absolute Gasteiger partial charge is 0.126 e. The minimum atomic E-state index is -1.57. The first-order valence-corrected chi connectivity index (χ1v) is 9.49. The number of hydrogen-bond acceptors (Lipinski definition) is 1. The highest BCUT2D eigenvalue weighted by atomic mass is 28.3. The molecule has 0 aliphatic carbocycles. The number of rotatable bonds is 2. The van der Waals surface area contributed by atoms with Crippen molar-refractivity contribution in [2.75, 3.05) is 0 Å². The monoisotopic (exact) mass is 250 g/mol. The summed E-state index contributed by atoms with van der Waals surface area (Å²) in [6.07, 6.45) is 0. The summed E-state index contributed by atoms with van der Waals surface area (Å²) >= 11 is 0. The molecule has 1 nitrogen and oxygen atoms in total. The highest BCUT2D eigenvalue weighted by Gasteiger charge is 2.28. The van der Waals surface area contributed by atoms with Crippen LogP contribution < -0.4 is 10.2 Å². The second-order valence-electron chi connectivity index (χ2n) is 7.60. The van der Waals surface area contributed by atoms with Crippen molar-refractivity contribution in [1.29, 1.82) is 0 Å². The van der Waals surface area contributed by atoms with Crippen molar-refractivity contribution in [3.05, 3.63) is 23.8 Å². The van der Waals surface area contributed by atoms with Crippen LogP contribution in [0, 0.1) is 0 Å². The predicted octanol–water partition coefficient (Wildman–Crippen LogP) is 3.50. The third-order valence-electron chi connectivity index (χ3n) is 2.98. The predicted molar refractivity (Wildman–Crippen MR) is 80.7 cm³/mol. The van der Waals surface area contributed by atoms with Gasteiger partial charge in [-0.1, -0.05) is 39.3 Å². The zero-order valence-electron chi connectivity index (χ0n) is 12.7. The van der Waals surface area contributed by atoms with Crippen molar-refractivity contribution in [3.63, 3.8) is 0 Å². The fourth-order valence-corrected chi connectivity index (χ4v) is 6.28. The molecule has 0 spiro atoms. The fourth-order valence-electron chi connectivity index (χ4n) is 2.62. The lowest BCUT2D eigenvalue weighted by Crippen LogP contribution is -2.62. The molecule has 0 radical (unpaired) electrons. The molecule has 1 aromatic rings. The van der Waals surface area contributed by atoms with Crippen molar-refractivity contribution < 1.29 is 0 Å². The van der Waals surface area contributed by atoms with Crippen LogP contribution >= 0.6 is 0 Å². The van der Waals surface area contributed by atoms with Gasteiger partial charge in [0.1, 0.15) is 8.24 Å². The molecule has 0 fully saturated rings. The Morgan fingerprint density at radius 1 is 1.06 bits per heavy atom. The lowest BCUT2D eigenvalue weighted by atomic mass is 9.89. The highest BCUT2D eigenvalue weighted by molar-refractivity contribution is 6.88. The van der Waals surface area contributed by atoms with Crippen LogP contribution in [0.4, 0.5) is 0 Å². The van der Waals surface area contributed by atoms with Gasteiger partial charge in [-0.05, 0) is 20.8 Å².